The van der Waals surface area contributed by atoms with Gasteiger partial charge in [0.05, 0.1) is 19.3 Å². The molecule has 1 fully saturated rings. The molecule has 0 aromatic carbocycles. The Kier molecular flexibility index (Phi) is 5.26. The summed E-state index contributed by atoms with van der Waals surface area (Å²) in [5, 5.41) is 29.8. The smallest absolute Gasteiger partial charge is 0.0648 e. The Bertz CT molecular complexity index is 497. The van der Waals surface area contributed by atoms with Crippen LogP contribution >= 0.6 is 0 Å². The summed E-state index contributed by atoms with van der Waals surface area (Å²) in [6.45, 7) is 6.61. The van der Waals surface area contributed by atoms with E-state index in [-0.39, 0.29) is 25.2 Å². The third-order valence-corrected chi connectivity index (χ3v) is 5.93. The highest BCUT2D eigenvalue weighted by atomic mass is 16.3. The molecule has 3 rings (SSSR count). The predicted octanol–water partition coefficient (Wildman–Crippen LogP) is 1.72. The third-order valence-electron chi connectivity index (χ3n) is 5.93. The summed E-state index contributed by atoms with van der Waals surface area (Å²) in [7, 11) is 0. The Balaban J connectivity index is 1.80. The summed E-state index contributed by atoms with van der Waals surface area (Å²) in [5.41, 5.74) is 3.71. The highest BCUT2D eigenvalue weighted by Crippen LogP contribution is 2.41. The lowest BCUT2D eigenvalue weighted by Gasteiger charge is -2.48. The first-order chi connectivity index (χ1) is 11.0. The van der Waals surface area contributed by atoms with E-state index in [4.69, 9.17) is 0 Å². The summed E-state index contributed by atoms with van der Waals surface area (Å²) < 4.78 is 0. The van der Waals surface area contributed by atoms with Crippen LogP contribution in [-0.2, 0) is 0 Å². The molecule has 23 heavy (non-hydrogen) atoms. The minimum Gasteiger partial charge on any atom is -0.396 e. The lowest BCUT2D eigenvalue weighted by molar-refractivity contribution is -0.00934. The van der Waals surface area contributed by atoms with Crippen molar-refractivity contribution in [2.45, 2.75) is 51.7 Å². The Morgan fingerprint density at radius 2 is 2.09 bits per heavy atom. The van der Waals surface area contributed by atoms with Gasteiger partial charge in [0.2, 0.25) is 0 Å². The van der Waals surface area contributed by atoms with Gasteiger partial charge >= 0.3 is 0 Å². The predicted molar refractivity (Wildman–Crippen MR) is 90.9 cm³/mol. The molecule has 0 amide bonds. The zero-order valence-electron chi connectivity index (χ0n) is 14.4. The average Bonchev–Trinajstić information content (AvgIpc) is 2.53. The molecule has 0 bridgehead atoms. The zero-order chi connectivity index (χ0) is 16.6. The number of hydrogen-bond acceptors (Lipinski definition) is 4. The van der Waals surface area contributed by atoms with E-state index in [2.05, 4.69) is 24.8 Å². The molecule has 0 spiro atoms. The van der Waals surface area contributed by atoms with Crippen molar-refractivity contribution in [2.75, 3.05) is 26.3 Å². The number of fused-ring (bicyclic) bond motifs is 2. The summed E-state index contributed by atoms with van der Waals surface area (Å²) >= 11 is 0. The third kappa shape index (κ3) is 3.41. The molecule has 1 unspecified atom stereocenters. The molecule has 3 N–H and O–H groups in total. The number of rotatable bonds is 4. The molecule has 0 saturated carbocycles. The highest BCUT2D eigenvalue weighted by molar-refractivity contribution is 5.40. The number of piperidine rings is 1. The Hall–Kier alpha value is -0.680. The standard InChI is InChI=1S/C19H31NO3/c1-12(2)5-14-9-20-4-3-13-6-15(10-21)16(11-22)7-17(13)18(20)8-19(14)23/h6,12,14,16,18-19,21-23H,3-5,7-11H2,1-2H3/t14-,16?,18+,19+/m1/s1. The minimum absolute atomic E-state index is 0.0372. The lowest BCUT2D eigenvalue weighted by Crippen LogP contribution is -2.53. The number of aliphatic hydroxyl groups excluding tert-OH is 3. The van der Waals surface area contributed by atoms with Gasteiger partial charge in [0.15, 0.2) is 0 Å². The van der Waals surface area contributed by atoms with Gasteiger partial charge in [0.1, 0.15) is 0 Å². The van der Waals surface area contributed by atoms with E-state index in [1.54, 1.807) is 0 Å². The van der Waals surface area contributed by atoms with Crippen molar-refractivity contribution in [1.82, 2.24) is 4.90 Å². The Morgan fingerprint density at radius 1 is 1.30 bits per heavy atom. The largest absolute Gasteiger partial charge is 0.396 e. The van der Waals surface area contributed by atoms with Crippen molar-refractivity contribution in [3.8, 4) is 0 Å². The summed E-state index contributed by atoms with van der Waals surface area (Å²) in [5.74, 6) is 1.05. The monoisotopic (exact) mass is 321 g/mol. The van der Waals surface area contributed by atoms with Gasteiger partial charge in [-0.25, -0.2) is 0 Å². The van der Waals surface area contributed by atoms with E-state index in [0.29, 0.717) is 17.9 Å². The second-order valence-electron chi connectivity index (χ2n) is 7.96. The van der Waals surface area contributed by atoms with E-state index >= 15 is 0 Å². The summed E-state index contributed by atoms with van der Waals surface area (Å²) in [4.78, 5) is 2.55. The molecule has 1 aliphatic carbocycles. The molecule has 4 atom stereocenters. The van der Waals surface area contributed by atoms with Crippen LogP contribution in [0.5, 0.6) is 0 Å². The van der Waals surface area contributed by atoms with Crippen molar-refractivity contribution in [3.63, 3.8) is 0 Å². The van der Waals surface area contributed by atoms with E-state index in [0.717, 1.165) is 44.3 Å². The molecular formula is C19H31NO3. The molecule has 1 saturated heterocycles. The highest BCUT2D eigenvalue weighted by Gasteiger charge is 2.40. The fourth-order valence-electron chi connectivity index (χ4n) is 4.73. The summed E-state index contributed by atoms with van der Waals surface area (Å²) in [6, 6.07) is 0.322. The van der Waals surface area contributed by atoms with Crippen molar-refractivity contribution in [1.29, 1.82) is 0 Å². The molecule has 0 aromatic heterocycles. The van der Waals surface area contributed by atoms with Gasteiger partial charge in [-0.1, -0.05) is 19.9 Å². The number of allylic oxidation sites excluding steroid dienone is 1. The minimum atomic E-state index is -0.221. The molecular weight excluding hydrogens is 290 g/mol. The topological polar surface area (TPSA) is 63.9 Å². The maximum absolute atomic E-state index is 10.6. The van der Waals surface area contributed by atoms with Gasteiger partial charge in [-0.15, -0.1) is 0 Å². The average molecular weight is 321 g/mol. The molecule has 0 radical (unpaired) electrons. The molecule has 2 heterocycles. The molecule has 3 aliphatic rings. The van der Waals surface area contributed by atoms with Crippen LogP contribution in [-0.4, -0.2) is 58.7 Å². The first kappa shape index (κ1) is 17.2. The fourth-order valence-corrected chi connectivity index (χ4v) is 4.73. The van der Waals surface area contributed by atoms with Crippen LogP contribution in [0.3, 0.4) is 0 Å². The van der Waals surface area contributed by atoms with Crippen molar-refractivity contribution in [2.24, 2.45) is 17.8 Å². The maximum atomic E-state index is 10.6. The zero-order valence-corrected chi connectivity index (χ0v) is 14.4. The SMILES string of the molecule is CC(C)C[C@@H]1CN2CCC3=C(CC(CO)C(CO)=C3)[C@@H]2C[C@@H]1O. The van der Waals surface area contributed by atoms with Crippen LogP contribution in [0.25, 0.3) is 0 Å². The van der Waals surface area contributed by atoms with Crippen LogP contribution in [0.2, 0.25) is 0 Å². The lowest BCUT2D eigenvalue weighted by atomic mass is 9.73. The second-order valence-corrected chi connectivity index (χ2v) is 7.96. The maximum Gasteiger partial charge on any atom is 0.0648 e. The van der Waals surface area contributed by atoms with E-state index in [9.17, 15) is 15.3 Å². The van der Waals surface area contributed by atoms with Crippen LogP contribution in [0, 0.1) is 17.8 Å². The quantitative estimate of drug-likeness (QED) is 0.738. The molecule has 130 valence electrons. The van der Waals surface area contributed by atoms with Gasteiger partial charge in [-0.05, 0) is 54.2 Å². The van der Waals surface area contributed by atoms with Crippen molar-refractivity contribution < 1.29 is 15.3 Å². The number of aliphatic hydroxyl groups is 3. The summed E-state index contributed by atoms with van der Waals surface area (Å²) in [6.07, 6.45) is 5.66. The molecule has 4 nitrogen and oxygen atoms in total. The molecule has 2 aliphatic heterocycles. The van der Waals surface area contributed by atoms with E-state index < -0.39 is 0 Å². The molecule has 4 heteroatoms. The number of nitrogens with zero attached hydrogens (tertiary/aromatic N) is 1. The first-order valence-electron chi connectivity index (χ1n) is 9.09. The van der Waals surface area contributed by atoms with Crippen LogP contribution in [0.15, 0.2) is 22.8 Å². The number of hydrogen-bond donors (Lipinski definition) is 3. The Labute approximate surface area is 139 Å². The Morgan fingerprint density at radius 3 is 2.74 bits per heavy atom. The van der Waals surface area contributed by atoms with Crippen LogP contribution in [0.1, 0.15) is 39.5 Å². The first-order valence-corrected chi connectivity index (χ1v) is 9.09. The molecule has 0 aromatic rings. The van der Waals surface area contributed by atoms with E-state index in [1.807, 2.05) is 0 Å². The fraction of sp³-hybridized carbons (Fsp3) is 0.789. The van der Waals surface area contributed by atoms with E-state index in [1.165, 1.54) is 11.1 Å². The van der Waals surface area contributed by atoms with Gasteiger partial charge in [0.25, 0.3) is 0 Å². The van der Waals surface area contributed by atoms with Crippen molar-refractivity contribution >= 4 is 0 Å². The van der Waals surface area contributed by atoms with Crippen LogP contribution in [0.4, 0.5) is 0 Å². The van der Waals surface area contributed by atoms with Crippen LogP contribution < -0.4 is 0 Å². The normalized spacial score (nSPS) is 35.1. The van der Waals surface area contributed by atoms with Crippen molar-refractivity contribution in [3.05, 3.63) is 22.8 Å². The van der Waals surface area contributed by atoms with Gasteiger partial charge in [-0.2, -0.15) is 0 Å². The second kappa shape index (κ2) is 7.06. The van der Waals surface area contributed by atoms with Gasteiger partial charge in [-0.3, -0.25) is 4.90 Å². The van der Waals surface area contributed by atoms with Gasteiger partial charge in [0, 0.05) is 25.0 Å². The van der Waals surface area contributed by atoms with Gasteiger partial charge < -0.3 is 15.3 Å².